The van der Waals surface area contributed by atoms with Crippen LogP contribution < -0.4 is 4.74 Å². The molecule has 0 fully saturated rings. The van der Waals surface area contributed by atoms with Crippen molar-refractivity contribution in [2.75, 3.05) is 0 Å². The maximum absolute atomic E-state index is 13.3. The summed E-state index contributed by atoms with van der Waals surface area (Å²) in [5.74, 6) is -0.533. The van der Waals surface area contributed by atoms with Gasteiger partial charge in [-0.2, -0.15) is 13.2 Å². The minimum Gasteiger partial charge on any atom is -0.487 e. The summed E-state index contributed by atoms with van der Waals surface area (Å²) in [6.45, 7) is 5.52. The lowest BCUT2D eigenvalue weighted by atomic mass is 10.1. The summed E-state index contributed by atoms with van der Waals surface area (Å²) in [5.41, 5.74) is -0.350. The Hall–Kier alpha value is -1.63. The van der Waals surface area contributed by atoms with Crippen molar-refractivity contribution in [1.29, 1.82) is 0 Å². The summed E-state index contributed by atoms with van der Waals surface area (Å²) >= 11 is 3.22. The first-order chi connectivity index (χ1) is 10.8. The van der Waals surface area contributed by atoms with Gasteiger partial charge in [0.2, 0.25) is 0 Å². The number of halogens is 5. The molecule has 1 heterocycles. The zero-order chi connectivity index (χ0) is 17.6. The minimum atomic E-state index is -4.59. The first kappa shape index (κ1) is 19.4. The zero-order valence-electron chi connectivity index (χ0n) is 12.8. The number of aromatic nitrogens is 1. The third kappa shape index (κ3) is 5.82. The van der Waals surface area contributed by atoms with Crippen LogP contribution in [0.3, 0.4) is 0 Å². The maximum atomic E-state index is 13.3. The van der Waals surface area contributed by atoms with E-state index in [9.17, 15) is 17.6 Å². The molecule has 0 N–H and O–H groups in total. The number of hydrogen-bond donors (Lipinski definition) is 0. The van der Waals surface area contributed by atoms with Crippen molar-refractivity contribution in [3.8, 4) is 5.75 Å². The lowest BCUT2D eigenvalue weighted by Gasteiger charge is -2.11. The van der Waals surface area contributed by atoms with Gasteiger partial charge >= 0.3 is 6.18 Å². The van der Waals surface area contributed by atoms with Crippen LogP contribution in [0.15, 0.2) is 34.9 Å². The highest BCUT2D eigenvalue weighted by Crippen LogP contribution is 2.31. The van der Waals surface area contributed by atoms with E-state index < -0.39 is 17.6 Å². The minimum absolute atomic E-state index is 0.0988. The monoisotopic (exact) mass is 393 g/mol. The van der Waals surface area contributed by atoms with Crippen LogP contribution in [0, 0.1) is 12.7 Å². The van der Waals surface area contributed by atoms with Gasteiger partial charge in [-0.3, -0.25) is 4.98 Å². The molecule has 0 spiro atoms. The van der Waals surface area contributed by atoms with E-state index in [1.807, 2.05) is 13.8 Å². The summed E-state index contributed by atoms with van der Waals surface area (Å²) in [7, 11) is 0. The second-order valence-corrected chi connectivity index (χ2v) is 5.29. The van der Waals surface area contributed by atoms with Crippen LogP contribution >= 0.6 is 15.9 Å². The highest BCUT2D eigenvalue weighted by molar-refractivity contribution is 9.10. The van der Waals surface area contributed by atoms with Crippen LogP contribution in [-0.4, -0.2) is 4.98 Å². The predicted molar refractivity (Wildman–Crippen MR) is 83.8 cm³/mol. The number of benzene rings is 1. The number of ether oxygens (including phenoxy) is 1. The number of pyridine rings is 1. The number of nitrogens with zero attached hydrogens (tertiary/aromatic N) is 1. The Kier molecular flexibility index (Phi) is 7.00. The van der Waals surface area contributed by atoms with Crippen molar-refractivity contribution in [2.24, 2.45) is 0 Å². The van der Waals surface area contributed by atoms with Gasteiger partial charge in [0.25, 0.3) is 0 Å². The maximum Gasteiger partial charge on any atom is 0.416 e. The Morgan fingerprint density at radius 2 is 1.78 bits per heavy atom. The van der Waals surface area contributed by atoms with E-state index in [4.69, 9.17) is 4.74 Å². The van der Waals surface area contributed by atoms with Gasteiger partial charge < -0.3 is 4.74 Å². The van der Waals surface area contributed by atoms with Crippen LogP contribution in [0.5, 0.6) is 5.75 Å². The first-order valence-corrected chi connectivity index (χ1v) is 7.66. The van der Waals surface area contributed by atoms with E-state index in [1.54, 1.807) is 19.2 Å². The zero-order valence-corrected chi connectivity index (χ0v) is 14.4. The van der Waals surface area contributed by atoms with Gasteiger partial charge in [0.15, 0.2) is 0 Å². The molecule has 23 heavy (non-hydrogen) atoms. The van der Waals surface area contributed by atoms with Crippen molar-refractivity contribution >= 4 is 15.9 Å². The summed E-state index contributed by atoms with van der Waals surface area (Å²) < 4.78 is 57.1. The smallest absolute Gasteiger partial charge is 0.416 e. The quantitative estimate of drug-likeness (QED) is 0.604. The summed E-state index contributed by atoms with van der Waals surface area (Å²) in [6.07, 6.45) is -3.02. The predicted octanol–water partition coefficient (Wildman–Crippen LogP) is 5.92. The van der Waals surface area contributed by atoms with E-state index in [0.29, 0.717) is 22.0 Å². The molecular formula is C16H16BrF4NO. The van der Waals surface area contributed by atoms with Gasteiger partial charge in [-0.05, 0) is 52.7 Å². The summed E-state index contributed by atoms with van der Waals surface area (Å²) in [5, 5.41) is 0. The molecule has 0 atom stereocenters. The second kappa shape index (κ2) is 8.29. The summed E-state index contributed by atoms with van der Waals surface area (Å²) in [4.78, 5) is 4.04. The first-order valence-electron chi connectivity index (χ1n) is 6.87. The highest BCUT2D eigenvalue weighted by Gasteiger charge is 2.31. The fourth-order valence-electron chi connectivity index (χ4n) is 1.69. The SMILES string of the molecule is CC.Cc1ncc(Br)cc1OCc1cc(F)cc(C(F)(F)F)c1. The average Bonchev–Trinajstić information content (AvgIpc) is 2.49. The summed E-state index contributed by atoms with van der Waals surface area (Å²) in [6, 6.07) is 3.97. The number of rotatable bonds is 3. The Morgan fingerprint density at radius 3 is 2.39 bits per heavy atom. The molecule has 0 bridgehead atoms. The molecular weight excluding hydrogens is 378 g/mol. The third-order valence-electron chi connectivity index (χ3n) is 2.69. The molecule has 0 aliphatic carbocycles. The average molecular weight is 394 g/mol. The Labute approximate surface area is 140 Å². The molecule has 2 rings (SSSR count). The van der Waals surface area contributed by atoms with Gasteiger partial charge in [0, 0.05) is 10.7 Å². The molecule has 0 saturated heterocycles. The Balaban J connectivity index is 0.00000127. The molecule has 2 aromatic rings. The van der Waals surface area contributed by atoms with Crippen molar-refractivity contribution in [1.82, 2.24) is 4.98 Å². The van der Waals surface area contributed by atoms with Crippen molar-refractivity contribution in [3.05, 3.63) is 57.6 Å². The fourth-order valence-corrected chi connectivity index (χ4v) is 2.00. The largest absolute Gasteiger partial charge is 0.487 e. The molecule has 0 radical (unpaired) electrons. The molecule has 0 unspecified atom stereocenters. The Bertz CT molecular complexity index is 659. The van der Waals surface area contributed by atoms with Crippen molar-refractivity contribution in [2.45, 2.75) is 33.6 Å². The van der Waals surface area contributed by atoms with E-state index in [2.05, 4.69) is 20.9 Å². The molecule has 1 aromatic heterocycles. The number of alkyl halides is 3. The van der Waals surface area contributed by atoms with E-state index in [0.717, 1.165) is 12.1 Å². The molecule has 1 aromatic carbocycles. The normalized spacial score (nSPS) is 10.8. The Morgan fingerprint density at radius 1 is 1.13 bits per heavy atom. The van der Waals surface area contributed by atoms with Crippen LogP contribution in [0.4, 0.5) is 17.6 Å². The molecule has 126 valence electrons. The highest BCUT2D eigenvalue weighted by atomic mass is 79.9. The van der Waals surface area contributed by atoms with Crippen molar-refractivity contribution < 1.29 is 22.3 Å². The lowest BCUT2D eigenvalue weighted by molar-refractivity contribution is -0.137. The molecule has 0 amide bonds. The van der Waals surface area contributed by atoms with Gasteiger partial charge in [-0.15, -0.1) is 0 Å². The molecule has 0 saturated carbocycles. The van der Waals surface area contributed by atoms with Gasteiger partial charge in [-0.1, -0.05) is 13.8 Å². The second-order valence-electron chi connectivity index (χ2n) is 4.37. The number of aryl methyl sites for hydroxylation is 1. The van der Waals surface area contributed by atoms with Crippen molar-refractivity contribution in [3.63, 3.8) is 0 Å². The standard InChI is InChI=1S/C14H10BrF4NO.C2H6/c1-8-13(5-11(15)6-20-8)21-7-9-2-10(14(17,18)19)4-12(16)3-9;1-2/h2-6H,7H2,1H3;1-2H3. The fraction of sp³-hybridized carbons (Fsp3) is 0.312. The molecule has 0 aliphatic rings. The van der Waals surface area contributed by atoms with Crippen LogP contribution in [-0.2, 0) is 12.8 Å². The topological polar surface area (TPSA) is 22.1 Å². The third-order valence-corrected chi connectivity index (χ3v) is 3.12. The van der Waals surface area contributed by atoms with Crippen LogP contribution in [0.1, 0.15) is 30.7 Å². The van der Waals surface area contributed by atoms with Crippen LogP contribution in [0.25, 0.3) is 0 Å². The molecule has 0 aliphatic heterocycles. The van der Waals surface area contributed by atoms with Gasteiger partial charge in [0.05, 0.1) is 11.3 Å². The molecule has 7 heteroatoms. The van der Waals surface area contributed by atoms with Gasteiger partial charge in [0.1, 0.15) is 18.2 Å². The molecule has 2 nitrogen and oxygen atoms in total. The lowest BCUT2D eigenvalue weighted by Crippen LogP contribution is -2.07. The number of hydrogen-bond acceptors (Lipinski definition) is 2. The van der Waals surface area contributed by atoms with E-state index >= 15 is 0 Å². The van der Waals surface area contributed by atoms with E-state index in [1.165, 1.54) is 0 Å². The van der Waals surface area contributed by atoms with E-state index in [-0.39, 0.29) is 12.2 Å². The van der Waals surface area contributed by atoms with Crippen LogP contribution in [0.2, 0.25) is 0 Å². The van der Waals surface area contributed by atoms with Gasteiger partial charge in [-0.25, -0.2) is 4.39 Å².